The van der Waals surface area contributed by atoms with Crippen molar-refractivity contribution in [2.24, 2.45) is 5.92 Å². The van der Waals surface area contributed by atoms with E-state index in [2.05, 4.69) is 40.8 Å². The lowest BCUT2D eigenvalue weighted by Crippen LogP contribution is -2.46. The summed E-state index contributed by atoms with van der Waals surface area (Å²) in [6.07, 6.45) is 6.37. The topological polar surface area (TPSA) is 26.3 Å². The van der Waals surface area contributed by atoms with Gasteiger partial charge in [0.25, 0.3) is 0 Å². The highest BCUT2D eigenvalue weighted by molar-refractivity contribution is 6.74. The van der Waals surface area contributed by atoms with E-state index >= 15 is 0 Å². The first-order valence-corrected chi connectivity index (χ1v) is 10.8. The summed E-state index contributed by atoms with van der Waals surface area (Å²) in [6, 6.07) is 0. The maximum Gasteiger partial charge on any atom is 0.192 e. The van der Waals surface area contributed by atoms with Gasteiger partial charge in [-0.2, -0.15) is 0 Å². The number of hydrogen-bond donors (Lipinski definition) is 0. The normalized spacial score (nSPS) is 25.7. The van der Waals surface area contributed by atoms with E-state index in [4.69, 9.17) is 4.43 Å². The largest absolute Gasteiger partial charge is 0.413 e. The van der Waals surface area contributed by atoms with Gasteiger partial charge >= 0.3 is 0 Å². The van der Waals surface area contributed by atoms with Crippen molar-refractivity contribution in [1.82, 2.24) is 0 Å². The van der Waals surface area contributed by atoms with Gasteiger partial charge in [0.05, 0.1) is 6.10 Å². The van der Waals surface area contributed by atoms with Crippen LogP contribution in [-0.4, -0.2) is 20.2 Å². The summed E-state index contributed by atoms with van der Waals surface area (Å²) < 4.78 is 6.44. The third kappa shape index (κ3) is 5.03. The molecule has 0 bridgehead atoms. The molecule has 0 aromatic heterocycles. The van der Waals surface area contributed by atoms with Crippen LogP contribution in [0.4, 0.5) is 0 Å². The molecule has 0 heterocycles. The van der Waals surface area contributed by atoms with Crippen LogP contribution in [0.1, 0.15) is 66.2 Å². The van der Waals surface area contributed by atoms with Crippen LogP contribution in [-0.2, 0) is 9.22 Å². The van der Waals surface area contributed by atoms with Crippen LogP contribution in [0.5, 0.6) is 0 Å². The monoisotopic (exact) mass is 284 g/mol. The summed E-state index contributed by atoms with van der Waals surface area (Å²) in [4.78, 5) is 11.9. The molecule has 0 aliphatic heterocycles. The molecule has 0 aromatic carbocycles. The van der Waals surface area contributed by atoms with E-state index in [1.807, 2.05) is 0 Å². The summed E-state index contributed by atoms with van der Waals surface area (Å²) >= 11 is 0. The van der Waals surface area contributed by atoms with Crippen molar-refractivity contribution in [1.29, 1.82) is 0 Å². The zero-order valence-electron chi connectivity index (χ0n) is 13.7. The molecule has 112 valence electrons. The first-order valence-electron chi connectivity index (χ1n) is 7.85. The van der Waals surface area contributed by atoms with E-state index in [9.17, 15) is 4.79 Å². The van der Waals surface area contributed by atoms with Gasteiger partial charge in [-0.05, 0) is 36.9 Å². The summed E-state index contributed by atoms with van der Waals surface area (Å²) in [5.41, 5.74) is 0. The smallest absolute Gasteiger partial charge is 0.192 e. The van der Waals surface area contributed by atoms with Gasteiger partial charge in [-0.15, -0.1) is 0 Å². The van der Waals surface area contributed by atoms with Gasteiger partial charge in [0.15, 0.2) is 8.32 Å². The number of carbonyl (C=O) groups is 1. The molecule has 1 aliphatic rings. The Labute approximate surface area is 120 Å². The third-order valence-electron chi connectivity index (χ3n) is 4.80. The van der Waals surface area contributed by atoms with E-state index in [1.54, 1.807) is 0 Å². The number of hydrogen-bond acceptors (Lipinski definition) is 2. The molecular formula is C16H32O2Si. The lowest BCUT2D eigenvalue weighted by atomic mass is 9.83. The predicted octanol–water partition coefficient (Wildman–Crippen LogP) is 4.94. The van der Waals surface area contributed by atoms with Gasteiger partial charge in [0.1, 0.15) is 5.78 Å². The van der Waals surface area contributed by atoms with Gasteiger partial charge in [-0.25, -0.2) is 0 Å². The summed E-state index contributed by atoms with van der Waals surface area (Å²) in [7, 11) is -1.73. The Bertz CT molecular complexity index is 304. The Hall–Kier alpha value is -0.153. The number of carbonyl (C=O) groups excluding carboxylic acids is 1. The fraction of sp³-hybridized carbons (Fsp3) is 0.938. The van der Waals surface area contributed by atoms with Gasteiger partial charge in [-0.3, -0.25) is 4.79 Å². The highest BCUT2D eigenvalue weighted by atomic mass is 28.4. The van der Waals surface area contributed by atoms with Crippen molar-refractivity contribution in [3.8, 4) is 0 Å². The lowest BCUT2D eigenvalue weighted by molar-refractivity contribution is -0.124. The molecule has 0 N–H and O–H groups in total. The fourth-order valence-corrected chi connectivity index (χ4v) is 3.96. The van der Waals surface area contributed by atoms with Crippen molar-refractivity contribution in [3.63, 3.8) is 0 Å². The van der Waals surface area contributed by atoms with Crippen molar-refractivity contribution in [2.45, 2.75) is 90.5 Å². The predicted molar refractivity (Wildman–Crippen MR) is 83.9 cm³/mol. The van der Waals surface area contributed by atoms with Crippen molar-refractivity contribution in [3.05, 3.63) is 0 Å². The molecule has 3 heteroatoms. The number of unbranched alkanes of at least 4 members (excludes halogenated alkanes) is 1. The van der Waals surface area contributed by atoms with E-state index in [-0.39, 0.29) is 11.1 Å². The second kappa shape index (κ2) is 6.53. The molecule has 1 saturated carbocycles. The molecular weight excluding hydrogens is 252 g/mol. The minimum absolute atomic E-state index is 0.184. The minimum atomic E-state index is -1.73. The molecule has 0 radical (unpaired) electrons. The summed E-state index contributed by atoms with van der Waals surface area (Å²) in [6.45, 7) is 13.6. The Morgan fingerprint density at radius 2 is 1.89 bits per heavy atom. The van der Waals surface area contributed by atoms with Crippen molar-refractivity contribution < 1.29 is 9.22 Å². The van der Waals surface area contributed by atoms with E-state index in [1.165, 1.54) is 19.3 Å². The molecule has 1 aliphatic carbocycles. The summed E-state index contributed by atoms with van der Waals surface area (Å²) in [5.74, 6) is 0.979. The fourth-order valence-electron chi connectivity index (χ4n) is 2.59. The molecule has 0 saturated heterocycles. The first kappa shape index (κ1) is 16.9. The second-order valence-corrected chi connectivity index (χ2v) is 12.4. The number of ketones is 1. The van der Waals surface area contributed by atoms with Gasteiger partial charge in [0.2, 0.25) is 0 Å². The Balaban J connectivity index is 2.60. The average molecular weight is 285 g/mol. The third-order valence-corrected chi connectivity index (χ3v) is 9.34. The van der Waals surface area contributed by atoms with Crippen LogP contribution >= 0.6 is 0 Å². The molecule has 2 nitrogen and oxygen atoms in total. The maximum atomic E-state index is 11.9. The molecule has 0 aromatic rings. The van der Waals surface area contributed by atoms with E-state index in [0.717, 1.165) is 12.8 Å². The number of rotatable bonds is 5. The molecule has 1 rings (SSSR count). The van der Waals surface area contributed by atoms with Gasteiger partial charge in [-0.1, -0.05) is 40.5 Å². The standard InChI is InChI=1S/C16H32O2Si/c1-7-8-9-13-10-14(17)12-15(11-13)18-19(5,6)16(2,3)4/h13,15H,7-12H2,1-6H3/t13-,15-/m0/s1. The summed E-state index contributed by atoms with van der Waals surface area (Å²) in [5, 5.41) is 0.229. The quantitative estimate of drug-likeness (QED) is 0.669. The second-order valence-electron chi connectivity index (χ2n) is 7.69. The van der Waals surface area contributed by atoms with Gasteiger partial charge in [0, 0.05) is 12.8 Å². The SMILES string of the molecule is CCCC[C@H]1CC(=O)C[C@@H](O[Si](C)(C)C(C)(C)C)C1. The molecule has 1 fully saturated rings. The minimum Gasteiger partial charge on any atom is -0.413 e. The van der Waals surface area contributed by atoms with Crippen molar-refractivity contribution >= 4 is 14.1 Å². The highest BCUT2D eigenvalue weighted by Crippen LogP contribution is 2.39. The highest BCUT2D eigenvalue weighted by Gasteiger charge is 2.40. The zero-order valence-corrected chi connectivity index (χ0v) is 14.7. The van der Waals surface area contributed by atoms with Gasteiger partial charge < -0.3 is 4.43 Å². The van der Waals surface area contributed by atoms with E-state index < -0.39 is 8.32 Å². The van der Waals surface area contributed by atoms with Crippen LogP contribution < -0.4 is 0 Å². The Morgan fingerprint density at radius 1 is 1.26 bits per heavy atom. The first-order chi connectivity index (χ1) is 8.65. The van der Waals surface area contributed by atoms with Crippen LogP contribution in [0.25, 0.3) is 0 Å². The van der Waals surface area contributed by atoms with Crippen LogP contribution in [0.15, 0.2) is 0 Å². The molecule has 0 unspecified atom stereocenters. The van der Waals surface area contributed by atoms with E-state index in [0.29, 0.717) is 18.1 Å². The zero-order chi connectivity index (χ0) is 14.7. The lowest BCUT2D eigenvalue weighted by Gasteiger charge is -2.41. The Morgan fingerprint density at radius 3 is 2.42 bits per heavy atom. The van der Waals surface area contributed by atoms with Crippen LogP contribution in [0.2, 0.25) is 18.1 Å². The molecule has 0 amide bonds. The van der Waals surface area contributed by atoms with Crippen LogP contribution in [0, 0.1) is 5.92 Å². The number of Topliss-reactive ketones (excluding diaryl/α,β-unsaturated/α-hetero) is 1. The van der Waals surface area contributed by atoms with Crippen LogP contribution in [0.3, 0.4) is 0 Å². The average Bonchev–Trinajstić information content (AvgIpc) is 2.23. The Kier molecular flexibility index (Phi) is 5.81. The molecule has 2 atom stereocenters. The maximum absolute atomic E-state index is 11.9. The molecule has 0 spiro atoms. The molecule has 19 heavy (non-hydrogen) atoms. The van der Waals surface area contributed by atoms with Crippen molar-refractivity contribution in [2.75, 3.05) is 0 Å².